The van der Waals surface area contributed by atoms with Gasteiger partial charge >= 0.3 is 6.01 Å². The fraction of sp³-hybridized carbons (Fsp3) is 0.452. The maximum Gasteiger partial charge on any atom is 0.319 e. The van der Waals surface area contributed by atoms with Crippen LogP contribution in [0.25, 0.3) is 32.1 Å². The van der Waals surface area contributed by atoms with E-state index in [0.29, 0.717) is 13.0 Å². The molecule has 2 saturated heterocycles. The van der Waals surface area contributed by atoms with Gasteiger partial charge in [0.05, 0.1) is 45.9 Å². The highest BCUT2D eigenvalue weighted by Gasteiger charge is 2.49. The molecular formula is C31H28ClF5N6O3S. The highest BCUT2D eigenvalue weighted by molar-refractivity contribution is 7.23. The average Bonchev–Trinajstić information content (AvgIpc) is 3.64. The molecule has 7 rings (SSSR count). The minimum absolute atomic E-state index is 0.00321. The normalized spacial score (nSPS) is 22.6. The first-order chi connectivity index (χ1) is 22.5. The number of thiophene rings is 1. The molecule has 0 radical (unpaired) electrons. The number of methoxy groups -OCH3 is 1. The van der Waals surface area contributed by atoms with E-state index in [1.807, 2.05) is 11.0 Å². The highest BCUT2D eigenvalue weighted by atomic mass is 35.5. The number of nitrogens with two attached hydrogens (primary N) is 1. The van der Waals surface area contributed by atoms with Crippen LogP contribution in [0.2, 0.25) is 5.02 Å². The van der Waals surface area contributed by atoms with Crippen molar-refractivity contribution in [2.24, 2.45) is 0 Å². The van der Waals surface area contributed by atoms with E-state index in [-0.39, 0.29) is 98.0 Å². The van der Waals surface area contributed by atoms with Crippen molar-refractivity contribution in [3.63, 3.8) is 0 Å². The zero-order valence-corrected chi connectivity index (χ0v) is 26.5. The number of ether oxygens (including phenoxy) is 3. The monoisotopic (exact) mass is 694 g/mol. The van der Waals surface area contributed by atoms with Gasteiger partial charge in [-0.2, -0.15) is 15.2 Å². The van der Waals surface area contributed by atoms with Crippen LogP contribution in [-0.2, 0) is 4.74 Å². The number of alkyl halides is 3. The van der Waals surface area contributed by atoms with E-state index in [9.17, 15) is 22.8 Å². The summed E-state index contributed by atoms with van der Waals surface area (Å²) in [6.45, 7) is 0.0269. The van der Waals surface area contributed by atoms with Crippen molar-refractivity contribution in [3.05, 3.63) is 34.4 Å². The number of hydrogen-bond donors (Lipinski definition) is 1. The number of rotatable bonds is 8. The summed E-state index contributed by atoms with van der Waals surface area (Å²) in [5, 5.41) is 9.63. The highest BCUT2D eigenvalue weighted by Crippen LogP contribution is 2.51. The number of nitrogen functional groups attached to an aromatic ring is 1. The summed E-state index contributed by atoms with van der Waals surface area (Å²) in [7, 11) is 1.41. The molecule has 0 saturated carbocycles. The first-order valence-corrected chi connectivity index (χ1v) is 16.1. The van der Waals surface area contributed by atoms with E-state index in [2.05, 4.69) is 9.97 Å². The zero-order valence-electron chi connectivity index (χ0n) is 25.0. The van der Waals surface area contributed by atoms with Gasteiger partial charge in [0, 0.05) is 31.0 Å². The summed E-state index contributed by atoms with van der Waals surface area (Å²) in [5.41, 5.74) is 4.82. The Morgan fingerprint density at radius 2 is 2.06 bits per heavy atom. The molecule has 16 heteroatoms. The lowest BCUT2D eigenvalue weighted by Gasteiger charge is -2.31. The van der Waals surface area contributed by atoms with Crippen LogP contribution in [0.4, 0.5) is 32.8 Å². The van der Waals surface area contributed by atoms with Crippen LogP contribution >= 0.6 is 22.9 Å². The number of halogens is 6. The van der Waals surface area contributed by atoms with Crippen LogP contribution in [0, 0.1) is 23.0 Å². The van der Waals surface area contributed by atoms with Crippen LogP contribution in [0.15, 0.2) is 12.1 Å². The van der Waals surface area contributed by atoms with Crippen LogP contribution in [0.1, 0.15) is 24.8 Å². The summed E-state index contributed by atoms with van der Waals surface area (Å²) in [6.07, 6.45) is -2.91. The number of aromatic nitrogens is 2. The molecule has 2 fully saturated rings. The number of hydrogen-bond acceptors (Lipinski definition) is 10. The van der Waals surface area contributed by atoms with Crippen molar-refractivity contribution in [3.8, 4) is 29.0 Å². The van der Waals surface area contributed by atoms with Crippen molar-refractivity contribution in [2.75, 3.05) is 57.1 Å². The summed E-state index contributed by atoms with van der Waals surface area (Å²) < 4.78 is 92.0. The van der Waals surface area contributed by atoms with Gasteiger partial charge in [-0.25, -0.2) is 22.0 Å². The molecule has 1 unspecified atom stereocenters. The predicted molar refractivity (Wildman–Crippen MR) is 167 cm³/mol. The van der Waals surface area contributed by atoms with Crippen molar-refractivity contribution in [1.29, 1.82) is 5.26 Å². The Kier molecular flexibility index (Phi) is 8.18. The van der Waals surface area contributed by atoms with Crippen molar-refractivity contribution >= 4 is 54.7 Å². The van der Waals surface area contributed by atoms with Gasteiger partial charge < -0.3 is 24.8 Å². The molecule has 2 N–H and O–H groups in total. The van der Waals surface area contributed by atoms with Gasteiger partial charge in [-0.05, 0) is 31.0 Å². The fourth-order valence-corrected chi connectivity index (χ4v) is 8.44. The molecule has 4 aromatic rings. The molecule has 0 bridgehead atoms. The lowest BCUT2D eigenvalue weighted by Crippen LogP contribution is -2.43. The molecule has 248 valence electrons. The van der Waals surface area contributed by atoms with E-state index in [1.165, 1.54) is 18.1 Å². The van der Waals surface area contributed by atoms with Gasteiger partial charge in [0.2, 0.25) is 0 Å². The van der Waals surface area contributed by atoms with E-state index < -0.39 is 42.4 Å². The van der Waals surface area contributed by atoms with Crippen molar-refractivity contribution in [2.45, 2.75) is 43.5 Å². The van der Waals surface area contributed by atoms with Crippen LogP contribution < -0.4 is 20.1 Å². The SMILES string of the molecule is COCC1CN(CC(F)F)c2nc(OC[C@@]34CCCN3C[C@H](F)C4)nc3c(F)c(-c4ccc(F)c5sc(N)c(C#N)c45)c(Cl)c(c23)O1. The van der Waals surface area contributed by atoms with Crippen LogP contribution in [0.3, 0.4) is 0 Å². The molecular weight excluding hydrogens is 667 g/mol. The Labute approximate surface area is 274 Å². The topological polar surface area (TPSA) is 110 Å². The third-order valence-electron chi connectivity index (χ3n) is 9.09. The van der Waals surface area contributed by atoms with Gasteiger partial charge in [-0.1, -0.05) is 17.7 Å². The fourth-order valence-electron chi connectivity index (χ4n) is 7.17. The number of nitrogens with zero attached hydrogens (tertiary/aromatic N) is 5. The molecule has 2 aromatic carbocycles. The van der Waals surface area contributed by atoms with Gasteiger partial charge in [0.15, 0.2) is 11.6 Å². The van der Waals surface area contributed by atoms with E-state index in [0.717, 1.165) is 23.8 Å². The molecule has 2 aromatic heterocycles. The van der Waals surface area contributed by atoms with Crippen molar-refractivity contribution < 1.29 is 36.2 Å². The molecule has 3 atom stereocenters. The second-order valence-electron chi connectivity index (χ2n) is 12.0. The van der Waals surface area contributed by atoms with E-state index in [1.54, 1.807) is 0 Å². The smallest absolute Gasteiger partial charge is 0.319 e. The molecule has 0 spiro atoms. The molecule has 0 aliphatic carbocycles. The number of fused-ring (bicyclic) bond motifs is 2. The van der Waals surface area contributed by atoms with E-state index >= 15 is 4.39 Å². The third-order valence-corrected chi connectivity index (χ3v) is 10.5. The molecule has 0 amide bonds. The van der Waals surface area contributed by atoms with Crippen molar-refractivity contribution in [1.82, 2.24) is 14.9 Å². The quantitative estimate of drug-likeness (QED) is 0.212. The first-order valence-electron chi connectivity index (χ1n) is 14.9. The lowest BCUT2D eigenvalue weighted by atomic mass is 9.95. The zero-order chi connectivity index (χ0) is 33.2. The maximum atomic E-state index is 17.0. The number of benzene rings is 2. The minimum Gasteiger partial charge on any atom is -0.484 e. The maximum absolute atomic E-state index is 17.0. The molecule has 9 nitrogen and oxygen atoms in total. The van der Waals surface area contributed by atoms with Crippen LogP contribution in [0.5, 0.6) is 11.8 Å². The molecule has 47 heavy (non-hydrogen) atoms. The van der Waals surface area contributed by atoms with Gasteiger partial charge in [-0.15, -0.1) is 11.3 Å². The van der Waals surface area contributed by atoms with Gasteiger partial charge in [0.25, 0.3) is 6.43 Å². The summed E-state index contributed by atoms with van der Waals surface area (Å²) >= 11 is 7.76. The number of nitriles is 1. The molecule has 5 heterocycles. The first kappa shape index (κ1) is 31.9. The third kappa shape index (κ3) is 5.26. The Hall–Kier alpha value is -3.71. The standard InChI is InChI=1S/C31H28ClF5N6O3S/c1-44-12-15-10-42(11-19(35)36)29-22-25(40-30(41-29)45-13-31-5-2-6-43(31)9-14(33)7-31)24(37)21(23(32)26(22)46-15)16-3-4-18(34)27-20(16)17(8-38)28(39)47-27/h3-4,14-15,19H,2,5-7,9-13,39H2,1H3/t14-,15?,31+/m1/s1. The minimum atomic E-state index is -2.81. The largest absolute Gasteiger partial charge is 0.484 e. The second kappa shape index (κ2) is 12.1. The lowest BCUT2D eigenvalue weighted by molar-refractivity contribution is 0.0836. The summed E-state index contributed by atoms with van der Waals surface area (Å²) in [4.78, 5) is 12.2. The van der Waals surface area contributed by atoms with Gasteiger partial charge in [0.1, 0.15) is 47.1 Å². The molecule has 3 aliphatic rings. The average molecular weight is 695 g/mol. The Balaban J connectivity index is 1.47. The Morgan fingerprint density at radius 3 is 2.81 bits per heavy atom. The molecule has 3 aliphatic heterocycles. The van der Waals surface area contributed by atoms with Crippen LogP contribution in [-0.4, -0.2) is 85.6 Å². The summed E-state index contributed by atoms with van der Waals surface area (Å²) in [6, 6.07) is 4.05. The number of anilines is 2. The van der Waals surface area contributed by atoms with E-state index in [4.69, 9.17) is 31.5 Å². The second-order valence-corrected chi connectivity index (χ2v) is 13.4. The Morgan fingerprint density at radius 1 is 1.26 bits per heavy atom. The Bertz CT molecular complexity index is 1940. The van der Waals surface area contributed by atoms with Gasteiger partial charge in [-0.3, -0.25) is 4.90 Å². The summed E-state index contributed by atoms with van der Waals surface area (Å²) in [5.74, 6) is -1.86. The predicted octanol–water partition coefficient (Wildman–Crippen LogP) is 6.33.